The molecule has 0 amide bonds. The van der Waals surface area contributed by atoms with Crippen molar-refractivity contribution in [3.63, 3.8) is 0 Å². The summed E-state index contributed by atoms with van der Waals surface area (Å²) in [6, 6.07) is 6.50. The van der Waals surface area contributed by atoms with E-state index in [0.29, 0.717) is 6.54 Å². The van der Waals surface area contributed by atoms with E-state index >= 15 is 0 Å². The largest absolute Gasteiger partial charge is 0.357 e. The highest BCUT2D eigenvalue weighted by atomic mass is 127. The smallest absolute Gasteiger partial charge is 0.269 e. The second kappa shape index (κ2) is 8.81. The first-order valence-electron chi connectivity index (χ1n) is 6.94. The summed E-state index contributed by atoms with van der Waals surface area (Å²) in [6.45, 7) is 4.32. The Labute approximate surface area is 141 Å². The van der Waals surface area contributed by atoms with Gasteiger partial charge < -0.3 is 10.6 Å². The fraction of sp³-hybridized carbons (Fsp3) is 0.500. The number of halogens is 1. The third-order valence-corrected chi connectivity index (χ3v) is 3.17. The van der Waals surface area contributed by atoms with Gasteiger partial charge in [-0.2, -0.15) is 0 Å². The Bertz CT molecular complexity index is 486. The van der Waals surface area contributed by atoms with Crippen LogP contribution in [0, 0.1) is 16.0 Å². The molecule has 0 unspecified atom stereocenters. The van der Waals surface area contributed by atoms with Crippen LogP contribution in [0.4, 0.5) is 5.69 Å². The summed E-state index contributed by atoms with van der Waals surface area (Å²) < 4.78 is 0. The predicted octanol–water partition coefficient (Wildman–Crippen LogP) is 2.68. The van der Waals surface area contributed by atoms with E-state index < -0.39 is 4.92 Å². The lowest BCUT2D eigenvalue weighted by Gasteiger charge is -2.10. The molecule has 21 heavy (non-hydrogen) atoms. The minimum absolute atomic E-state index is 0. The summed E-state index contributed by atoms with van der Waals surface area (Å²) >= 11 is 0. The van der Waals surface area contributed by atoms with Gasteiger partial charge in [0.1, 0.15) is 0 Å². The number of non-ortho nitro benzene ring substituents is 1. The molecule has 0 aliphatic heterocycles. The molecular formula is C14H21IN4O2. The van der Waals surface area contributed by atoms with Crippen molar-refractivity contribution >= 4 is 35.6 Å². The number of aliphatic imine (C=N–C) groups is 1. The zero-order valence-corrected chi connectivity index (χ0v) is 14.4. The molecule has 0 atom stereocenters. The number of benzene rings is 1. The third-order valence-electron chi connectivity index (χ3n) is 3.17. The molecule has 1 saturated carbocycles. The van der Waals surface area contributed by atoms with Crippen LogP contribution in [0.2, 0.25) is 0 Å². The molecule has 116 valence electrons. The molecule has 0 spiro atoms. The Hall–Kier alpha value is -1.38. The number of nitrogens with zero attached hydrogens (tertiary/aromatic N) is 2. The summed E-state index contributed by atoms with van der Waals surface area (Å²) in [5, 5.41) is 17.1. The molecule has 1 aliphatic carbocycles. The molecule has 2 N–H and O–H groups in total. The average Bonchev–Trinajstić information content (AvgIpc) is 3.26. The van der Waals surface area contributed by atoms with E-state index in [1.807, 2.05) is 6.92 Å². The predicted molar refractivity (Wildman–Crippen MR) is 94.1 cm³/mol. The molecule has 1 aliphatic rings. The van der Waals surface area contributed by atoms with Crippen molar-refractivity contribution in [3.05, 3.63) is 39.9 Å². The van der Waals surface area contributed by atoms with Crippen LogP contribution in [0.3, 0.4) is 0 Å². The maximum absolute atomic E-state index is 10.6. The van der Waals surface area contributed by atoms with Crippen LogP contribution in [-0.4, -0.2) is 24.0 Å². The van der Waals surface area contributed by atoms with Gasteiger partial charge in [-0.3, -0.25) is 10.1 Å². The number of hydrogen-bond donors (Lipinski definition) is 2. The molecule has 0 aromatic heterocycles. The minimum Gasteiger partial charge on any atom is -0.357 e. The normalized spacial score (nSPS) is 14.2. The standard InChI is InChI=1S/C14H20N4O2.HI/c1-2-15-14(16-9-11-3-4-11)17-10-12-5-7-13(8-6-12)18(19)20;/h5-8,11H,2-4,9-10H2,1H3,(H2,15,16,17);1H. The van der Waals surface area contributed by atoms with Gasteiger partial charge in [0.2, 0.25) is 0 Å². The summed E-state index contributed by atoms with van der Waals surface area (Å²) in [5.41, 5.74) is 1.07. The van der Waals surface area contributed by atoms with E-state index in [2.05, 4.69) is 15.6 Å². The topological polar surface area (TPSA) is 79.6 Å². The Balaban J connectivity index is 0.00000220. The van der Waals surface area contributed by atoms with Crippen LogP contribution < -0.4 is 10.6 Å². The minimum atomic E-state index is -0.395. The van der Waals surface area contributed by atoms with E-state index in [9.17, 15) is 10.1 Å². The van der Waals surface area contributed by atoms with Crippen molar-refractivity contribution in [2.24, 2.45) is 10.9 Å². The zero-order valence-electron chi connectivity index (χ0n) is 12.0. The highest BCUT2D eigenvalue weighted by molar-refractivity contribution is 14.0. The number of nitro benzene ring substituents is 1. The molecule has 0 radical (unpaired) electrons. The number of nitro groups is 1. The molecule has 2 rings (SSSR count). The maximum atomic E-state index is 10.6. The highest BCUT2D eigenvalue weighted by Gasteiger charge is 2.20. The van der Waals surface area contributed by atoms with Gasteiger partial charge in [0.15, 0.2) is 5.96 Å². The SMILES string of the molecule is CCNC(=NCc1ccc([N+](=O)[O-])cc1)NCC1CC1.I. The van der Waals surface area contributed by atoms with Crippen LogP contribution in [0.1, 0.15) is 25.3 Å². The Morgan fingerprint density at radius 3 is 2.52 bits per heavy atom. The third kappa shape index (κ3) is 6.28. The molecule has 1 aromatic rings. The van der Waals surface area contributed by atoms with Gasteiger partial charge in [-0.1, -0.05) is 12.1 Å². The maximum Gasteiger partial charge on any atom is 0.269 e. The van der Waals surface area contributed by atoms with Gasteiger partial charge in [-0.05, 0) is 31.2 Å². The van der Waals surface area contributed by atoms with Crippen LogP contribution in [0.15, 0.2) is 29.3 Å². The zero-order chi connectivity index (χ0) is 14.4. The monoisotopic (exact) mass is 404 g/mol. The molecule has 6 nitrogen and oxygen atoms in total. The number of nitrogens with one attached hydrogen (secondary N) is 2. The van der Waals surface area contributed by atoms with Crippen LogP contribution >= 0.6 is 24.0 Å². The van der Waals surface area contributed by atoms with Crippen molar-refractivity contribution < 1.29 is 4.92 Å². The number of rotatable bonds is 6. The summed E-state index contributed by atoms with van der Waals surface area (Å²) in [7, 11) is 0. The van der Waals surface area contributed by atoms with Gasteiger partial charge in [-0.25, -0.2) is 4.99 Å². The average molecular weight is 404 g/mol. The second-order valence-electron chi connectivity index (χ2n) is 4.94. The fourth-order valence-electron chi connectivity index (χ4n) is 1.80. The van der Waals surface area contributed by atoms with Crippen LogP contribution in [0.5, 0.6) is 0 Å². The highest BCUT2D eigenvalue weighted by Crippen LogP contribution is 2.27. The van der Waals surface area contributed by atoms with E-state index in [4.69, 9.17) is 0 Å². The molecule has 0 saturated heterocycles. The summed E-state index contributed by atoms with van der Waals surface area (Å²) in [6.07, 6.45) is 2.60. The van der Waals surface area contributed by atoms with E-state index in [0.717, 1.165) is 30.5 Å². The van der Waals surface area contributed by atoms with E-state index in [-0.39, 0.29) is 29.7 Å². The molecule has 1 aromatic carbocycles. The van der Waals surface area contributed by atoms with E-state index in [1.54, 1.807) is 12.1 Å². The van der Waals surface area contributed by atoms with Gasteiger partial charge in [0, 0.05) is 25.2 Å². The summed E-state index contributed by atoms with van der Waals surface area (Å²) in [4.78, 5) is 14.7. The number of hydrogen-bond acceptors (Lipinski definition) is 3. The quantitative estimate of drug-likeness (QED) is 0.251. The molecular weight excluding hydrogens is 383 g/mol. The Morgan fingerprint density at radius 1 is 1.33 bits per heavy atom. The van der Waals surface area contributed by atoms with Gasteiger partial charge in [0.25, 0.3) is 5.69 Å². The van der Waals surface area contributed by atoms with Gasteiger partial charge >= 0.3 is 0 Å². The Morgan fingerprint density at radius 2 is 2.00 bits per heavy atom. The van der Waals surface area contributed by atoms with Crippen molar-refractivity contribution in [2.75, 3.05) is 13.1 Å². The molecule has 7 heteroatoms. The van der Waals surface area contributed by atoms with Crippen molar-refractivity contribution in [2.45, 2.75) is 26.3 Å². The number of guanidine groups is 1. The lowest BCUT2D eigenvalue weighted by atomic mass is 10.2. The second-order valence-corrected chi connectivity index (χ2v) is 4.94. The lowest BCUT2D eigenvalue weighted by molar-refractivity contribution is -0.384. The molecule has 0 heterocycles. The van der Waals surface area contributed by atoms with E-state index in [1.165, 1.54) is 25.0 Å². The Kier molecular flexibility index (Phi) is 7.41. The van der Waals surface area contributed by atoms with Crippen molar-refractivity contribution in [1.82, 2.24) is 10.6 Å². The first-order valence-corrected chi connectivity index (χ1v) is 6.94. The van der Waals surface area contributed by atoms with Gasteiger partial charge in [-0.15, -0.1) is 24.0 Å². The summed E-state index contributed by atoms with van der Waals surface area (Å²) in [5.74, 6) is 1.59. The lowest BCUT2D eigenvalue weighted by Crippen LogP contribution is -2.38. The fourth-order valence-corrected chi connectivity index (χ4v) is 1.80. The first-order chi connectivity index (χ1) is 9.69. The van der Waals surface area contributed by atoms with Crippen LogP contribution in [0.25, 0.3) is 0 Å². The van der Waals surface area contributed by atoms with Gasteiger partial charge in [0.05, 0.1) is 11.5 Å². The van der Waals surface area contributed by atoms with Crippen molar-refractivity contribution in [1.29, 1.82) is 0 Å². The first kappa shape index (κ1) is 17.7. The van der Waals surface area contributed by atoms with Crippen molar-refractivity contribution in [3.8, 4) is 0 Å². The molecule has 1 fully saturated rings. The molecule has 0 bridgehead atoms. The van der Waals surface area contributed by atoms with Crippen LogP contribution in [-0.2, 0) is 6.54 Å².